The van der Waals surface area contributed by atoms with Crippen LogP contribution in [0.25, 0.3) is 0 Å². The Balaban J connectivity index is 3.56. The molecule has 14 heavy (non-hydrogen) atoms. The maximum Gasteiger partial charge on any atom is 0.315 e. The van der Waals surface area contributed by atoms with Crippen LogP contribution in [0, 0.1) is 0 Å². The lowest BCUT2D eigenvalue weighted by Gasteiger charge is -2.16. The Morgan fingerprint density at radius 2 is 2.14 bits per heavy atom. The molecule has 84 valence electrons. The summed E-state index contributed by atoms with van der Waals surface area (Å²) in [5, 5.41) is 14.3. The predicted octanol–water partition coefficient (Wildman–Crippen LogP) is 1.25. The number of amides is 2. The van der Waals surface area contributed by atoms with Gasteiger partial charge in [0.05, 0.1) is 0 Å². The fourth-order valence-electron chi connectivity index (χ4n) is 1.15. The van der Waals surface area contributed by atoms with Gasteiger partial charge < -0.3 is 15.7 Å². The lowest BCUT2D eigenvalue weighted by molar-refractivity contribution is 0.228. The number of urea groups is 1. The molecule has 3 N–H and O–H groups in total. The molecule has 0 aromatic carbocycles. The third kappa shape index (κ3) is 6.71. The van der Waals surface area contributed by atoms with E-state index in [1.807, 2.05) is 6.92 Å². The standard InChI is InChI=1S/C10H22N2O2/c1-3-5-7-11-10(14)12-9(4-2)6-8-13/h9,13H,3-8H2,1-2H3,(H2,11,12,14). The van der Waals surface area contributed by atoms with E-state index in [-0.39, 0.29) is 18.7 Å². The molecule has 0 aliphatic carbocycles. The fraction of sp³-hybridized carbons (Fsp3) is 0.900. The minimum Gasteiger partial charge on any atom is -0.396 e. The Morgan fingerprint density at radius 1 is 1.43 bits per heavy atom. The lowest BCUT2D eigenvalue weighted by Crippen LogP contribution is -2.42. The molecule has 0 aliphatic heterocycles. The molecule has 0 radical (unpaired) electrons. The molecular weight excluding hydrogens is 180 g/mol. The second-order valence-corrected chi connectivity index (χ2v) is 3.37. The monoisotopic (exact) mass is 202 g/mol. The minimum atomic E-state index is -0.126. The predicted molar refractivity (Wildman–Crippen MR) is 57.2 cm³/mol. The molecule has 2 amide bonds. The van der Waals surface area contributed by atoms with E-state index < -0.39 is 0 Å². The van der Waals surface area contributed by atoms with Crippen LogP contribution in [-0.4, -0.2) is 30.3 Å². The number of unbranched alkanes of at least 4 members (excludes halogenated alkanes) is 1. The number of hydrogen-bond acceptors (Lipinski definition) is 2. The molecule has 0 bridgehead atoms. The topological polar surface area (TPSA) is 61.4 Å². The van der Waals surface area contributed by atoms with Crippen molar-refractivity contribution in [3.05, 3.63) is 0 Å². The van der Waals surface area contributed by atoms with E-state index in [4.69, 9.17) is 5.11 Å². The molecule has 1 unspecified atom stereocenters. The van der Waals surface area contributed by atoms with E-state index in [1.165, 1.54) is 0 Å². The van der Waals surface area contributed by atoms with Crippen LogP contribution in [0.3, 0.4) is 0 Å². The summed E-state index contributed by atoms with van der Waals surface area (Å²) >= 11 is 0. The van der Waals surface area contributed by atoms with Gasteiger partial charge in [-0.05, 0) is 19.3 Å². The zero-order valence-electron chi connectivity index (χ0n) is 9.18. The smallest absolute Gasteiger partial charge is 0.315 e. The first kappa shape index (κ1) is 13.2. The molecule has 0 aliphatic rings. The Bertz CT molecular complexity index is 151. The van der Waals surface area contributed by atoms with Crippen molar-refractivity contribution in [1.29, 1.82) is 0 Å². The van der Waals surface area contributed by atoms with Crippen molar-refractivity contribution in [2.24, 2.45) is 0 Å². The quantitative estimate of drug-likeness (QED) is 0.544. The van der Waals surface area contributed by atoms with Crippen LogP contribution in [0.15, 0.2) is 0 Å². The maximum absolute atomic E-state index is 11.3. The van der Waals surface area contributed by atoms with Crippen LogP contribution in [0.5, 0.6) is 0 Å². The van der Waals surface area contributed by atoms with Crippen molar-refractivity contribution in [2.75, 3.05) is 13.2 Å². The summed E-state index contributed by atoms with van der Waals surface area (Å²) in [6.45, 7) is 4.92. The van der Waals surface area contributed by atoms with Gasteiger partial charge in [0.25, 0.3) is 0 Å². The number of aliphatic hydroxyl groups excluding tert-OH is 1. The summed E-state index contributed by atoms with van der Waals surface area (Å²) in [5.41, 5.74) is 0. The number of hydrogen-bond donors (Lipinski definition) is 3. The molecule has 0 saturated carbocycles. The number of rotatable bonds is 7. The van der Waals surface area contributed by atoms with Gasteiger partial charge in [-0.25, -0.2) is 4.79 Å². The largest absolute Gasteiger partial charge is 0.396 e. The molecule has 0 aromatic rings. The first-order valence-corrected chi connectivity index (χ1v) is 5.39. The number of carbonyl (C=O) groups is 1. The summed E-state index contributed by atoms with van der Waals surface area (Å²) in [4.78, 5) is 11.3. The van der Waals surface area contributed by atoms with Crippen LogP contribution < -0.4 is 10.6 Å². The van der Waals surface area contributed by atoms with Crippen molar-refractivity contribution in [3.8, 4) is 0 Å². The van der Waals surface area contributed by atoms with Gasteiger partial charge in [-0.3, -0.25) is 0 Å². The summed E-state index contributed by atoms with van der Waals surface area (Å²) in [7, 11) is 0. The average molecular weight is 202 g/mol. The molecule has 1 atom stereocenters. The highest BCUT2D eigenvalue weighted by molar-refractivity contribution is 5.74. The molecular formula is C10H22N2O2. The molecule has 0 saturated heterocycles. The molecule has 0 fully saturated rings. The molecule has 0 rings (SSSR count). The van der Waals surface area contributed by atoms with E-state index in [9.17, 15) is 4.79 Å². The van der Waals surface area contributed by atoms with Gasteiger partial charge in [0.2, 0.25) is 0 Å². The van der Waals surface area contributed by atoms with Crippen molar-refractivity contribution in [3.63, 3.8) is 0 Å². The second kappa shape index (κ2) is 8.81. The number of carbonyl (C=O) groups excluding carboxylic acids is 1. The maximum atomic E-state index is 11.3. The van der Waals surface area contributed by atoms with Crippen molar-refractivity contribution in [1.82, 2.24) is 10.6 Å². The van der Waals surface area contributed by atoms with Crippen LogP contribution in [0.4, 0.5) is 4.79 Å². The van der Waals surface area contributed by atoms with Gasteiger partial charge in [-0.2, -0.15) is 0 Å². The third-order valence-electron chi connectivity index (χ3n) is 2.12. The van der Waals surface area contributed by atoms with Gasteiger partial charge in [0.15, 0.2) is 0 Å². The SMILES string of the molecule is CCCCNC(=O)NC(CC)CCO. The first-order valence-electron chi connectivity index (χ1n) is 5.39. The molecule has 4 nitrogen and oxygen atoms in total. The van der Waals surface area contributed by atoms with Crippen molar-refractivity contribution < 1.29 is 9.90 Å². The lowest BCUT2D eigenvalue weighted by atomic mass is 10.2. The molecule has 0 spiro atoms. The van der Waals surface area contributed by atoms with E-state index >= 15 is 0 Å². The first-order chi connectivity index (χ1) is 6.74. The number of aliphatic hydroxyl groups is 1. The average Bonchev–Trinajstić information content (AvgIpc) is 2.17. The Labute approximate surface area is 86.1 Å². The van der Waals surface area contributed by atoms with Crippen LogP contribution in [0.2, 0.25) is 0 Å². The van der Waals surface area contributed by atoms with Gasteiger partial charge in [0, 0.05) is 19.2 Å². The van der Waals surface area contributed by atoms with Gasteiger partial charge >= 0.3 is 6.03 Å². The highest BCUT2D eigenvalue weighted by Gasteiger charge is 2.08. The summed E-state index contributed by atoms with van der Waals surface area (Å²) in [6.07, 6.45) is 3.55. The Morgan fingerprint density at radius 3 is 2.64 bits per heavy atom. The number of nitrogens with one attached hydrogen (secondary N) is 2. The summed E-state index contributed by atoms with van der Waals surface area (Å²) in [6, 6.07) is -0.0413. The summed E-state index contributed by atoms with van der Waals surface area (Å²) in [5.74, 6) is 0. The summed E-state index contributed by atoms with van der Waals surface area (Å²) < 4.78 is 0. The minimum absolute atomic E-state index is 0.0848. The molecule has 4 heteroatoms. The van der Waals surface area contributed by atoms with Crippen molar-refractivity contribution in [2.45, 2.75) is 45.6 Å². The van der Waals surface area contributed by atoms with Crippen molar-refractivity contribution >= 4 is 6.03 Å². The zero-order chi connectivity index (χ0) is 10.8. The molecule has 0 heterocycles. The van der Waals surface area contributed by atoms with E-state index in [2.05, 4.69) is 17.6 Å². The van der Waals surface area contributed by atoms with Crippen LogP contribution in [-0.2, 0) is 0 Å². The molecule has 0 aromatic heterocycles. The highest BCUT2D eigenvalue weighted by atomic mass is 16.3. The van der Waals surface area contributed by atoms with Crippen LogP contribution >= 0.6 is 0 Å². The van der Waals surface area contributed by atoms with E-state index in [0.717, 1.165) is 25.8 Å². The van der Waals surface area contributed by atoms with E-state index in [0.29, 0.717) is 6.42 Å². The zero-order valence-corrected chi connectivity index (χ0v) is 9.18. The second-order valence-electron chi connectivity index (χ2n) is 3.37. The van der Waals surface area contributed by atoms with E-state index in [1.54, 1.807) is 0 Å². The Kier molecular flexibility index (Phi) is 8.33. The van der Waals surface area contributed by atoms with Crippen LogP contribution in [0.1, 0.15) is 39.5 Å². The van der Waals surface area contributed by atoms with Gasteiger partial charge in [-0.15, -0.1) is 0 Å². The Hall–Kier alpha value is -0.770. The fourth-order valence-corrected chi connectivity index (χ4v) is 1.15. The van der Waals surface area contributed by atoms with Gasteiger partial charge in [-0.1, -0.05) is 20.3 Å². The third-order valence-corrected chi connectivity index (χ3v) is 2.12. The normalized spacial score (nSPS) is 12.2. The van der Waals surface area contributed by atoms with Gasteiger partial charge in [0.1, 0.15) is 0 Å². The highest BCUT2D eigenvalue weighted by Crippen LogP contribution is 1.95.